The Kier molecular flexibility index (Phi) is 6.26. The van der Waals surface area contributed by atoms with Crippen LogP contribution >= 0.6 is 0 Å². The average molecular weight is 241 g/mol. The van der Waals surface area contributed by atoms with E-state index in [4.69, 9.17) is 19.6 Å². The Hall–Kier alpha value is -0.840. The standard InChI is InChI=1S/C13H23NO3/c1-10(2)8-15-4-5-16-9-13-6-12(7-14)11(3)17-13/h6,10H,4-5,7-9,14H2,1-3H3. The molecule has 0 aliphatic rings. The second kappa shape index (κ2) is 7.48. The maximum atomic E-state index is 5.57. The molecule has 0 atom stereocenters. The van der Waals surface area contributed by atoms with E-state index in [0.717, 1.165) is 23.7 Å². The fourth-order valence-electron chi connectivity index (χ4n) is 1.47. The van der Waals surface area contributed by atoms with Crippen molar-refractivity contribution < 1.29 is 13.9 Å². The third kappa shape index (κ3) is 5.35. The number of ether oxygens (including phenoxy) is 2. The van der Waals surface area contributed by atoms with Gasteiger partial charge in [0.05, 0.1) is 13.2 Å². The molecule has 0 amide bonds. The Morgan fingerprint density at radius 2 is 2.00 bits per heavy atom. The summed E-state index contributed by atoms with van der Waals surface area (Å²) < 4.78 is 16.4. The number of nitrogens with two attached hydrogens (primary N) is 1. The van der Waals surface area contributed by atoms with Crippen molar-refractivity contribution in [3.05, 3.63) is 23.2 Å². The molecule has 1 aromatic rings. The zero-order valence-corrected chi connectivity index (χ0v) is 11.0. The van der Waals surface area contributed by atoms with Crippen molar-refractivity contribution in [1.82, 2.24) is 0 Å². The predicted molar refractivity (Wildman–Crippen MR) is 66.6 cm³/mol. The molecule has 1 aromatic heterocycles. The molecule has 1 heterocycles. The average Bonchev–Trinajstić information content (AvgIpc) is 2.63. The number of rotatable bonds is 8. The highest BCUT2D eigenvalue weighted by atomic mass is 16.5. The van der Waals surface area contributed by atoms with Crippen LogP contribution in [0.25, 0.3) is 0 Å². The normalized spacial score (nSPS) is 11.4. The van der Waals surface area contributed by atoms with Crippen LogP contribution in [0.4, 0.5) is 0 Å². The number of hydrogen-bond acceptors (Lipinski definition) is 4. The highest BCUT2D eigenvalue weighted by molar-refractivity contribution is 5.19. The lowest BCUT2D eigenvalue weighted by Crippen LogP contribution is -2.08. The number of aryl methyl sites for hydroxylation is 1. The molecule has 0 unspecified atom stereocenters. The van der Waals surface area contributed by atoms with Gasteiger partial charge in [0.15, 0.2) is 0 Å². The molecular formula is C13H23NO3. The third-order valence-corrected chi connectivity index (χ3v) is 2.36. The molecule has 4 heteroatoms. The quantitative estimate of drug-likeness (QED) is 0.709. The Bertz CT molecular complexity index is 320. The lowest BCUT2D eigenvalue weighted by molar-refractivity contribution is 0.0262. The molecule has 0 saturated heterocycles. The first kappa shape index (κ1) is 14.2. The highest BCUT2D eigenvalue weighted by Gasteiger charge is 2.05. The fourth-order valence-corrected chi connectivity index (χ4v) is 1.47. The molecule has 0 fully saturated rings. The number of hydrogen-bond donors (Lipinski definition) is 1. The Morgan fingerprint density at radius 1 is 1.29 bits per heavy atom. The van der Waals surface area contributed by atoms with Crippen LogP contribution in [0.15, 0.2) is 10.5 Å². The lowest BCUT2D eigenvalue weighted by atomic mass is 10.2. The maximum absolute atomic E-state index is 5.57. The topological polar surface area (TPSA) is 57.6 Å². The smallest absolute Gasteiger partial charge is 0.130 e. The molecular weight excluding hydrogens is 218 g/mol. The van der Waals surface area contributed by atoms with Gasteiger partial charge in [-0.2, -0.15) is 0 Å². The lowest BCUT2D eigenvalue weighted by Gasteiger charge is -2.06. The van der Waals surface area contributed by atoms with Crippen molar-refractivity contribution in [2.75, 3.05) is 19.8 Å². The minimum Gasteiger partial charge on any atom is -0.464 e. The Labute approximate surface area is 103 Å². The molecule has 17 heavy (non-hydrogen) atoms. The van der Waals surface area contributed by atoms with E-state index in [-0.39, 0.29) is 0 Å². The van der Waals surface area contributed by atoms with Crippen molar-refractivity contribution in [3.8, 4) is 0 Å². The molecule has 0 spiro atoms. The number of furan rings is 1. The Morgan fingerprint density at radius 3 is 2.59 bits per heavy atom. The van der Waals surface area contributed by atoms with E-state index < -0.39 is 0 Å². The molecule has 0 aromatic carbocycles. The summed E-state index contributed by atoms with van der Waals surface area (Å²) in [6.45, 7) is 9.14. The summed E-state index contributed by atoms with van der Waals surface area (Å²) in [5.74, 6) is 2.27. The van der Waals surface area contributed by atoms with Crippen LogP contribution in [-0.2, 0) is 22.6 Å². The van der Waals surface area contributed by atoms with E-state index in [1.54, 1.807) is 0 Å². The molecule has 0 radical (unpaired) electrons. The zero-order chi connectivity index (χ0) is 12.7. The molecule has 0 saturated carbocycles. The molecule has 1 rings (SSSR count). The van der Waals surface area contributed by atoms with Crippen LogP contribution in [0.1, 0.15) is 30.9 Å². The van der Waals surface area contributed by atoms with Crippen LogP contribution in [-0.4, -0.2) is 19.8 Å². The van der Waals surface area contributed by atoms with Gasteiger partial charge in [-0.1, -0.05) is 13.8 Å². The van der Waals surface area contributed by atoms with Crippen LogP contribution < -0.4 is 5.73 Å². The highest BCUT2D eigenvalue weighted by Crippen LogP contribution is 2.14. The van der Waals surface area contributed by atoms with Gasteiger partial charge in [0.25, 0.3) is 0 Å². The first-order valence-electron chi connectivity index (χ1n) is 6.07. The molecule has 4 nitrogen and oxygen atoms in total. The molecule has 0 aliphatic carbocycles. The van der Waals surface area contributed by atoms with Gasteiger partial charge in [-0.15, -0.1) is 0 Å². The fraction of sp³-hybridized carbons (Fsp3) is 0.692. The van der Waals surface area contributed by atoms with Crippen LogP contribution in [0.2, 0.25) is 0 Å². The summed E-state index contributed by atoms with van der Waals surface area (Å²) >= 11 is 0. The van der Waals surface area contributed by atoms with Crippen molar-refractivity contribution in [2.45, 2.75) is 33.9 Å². The summed E-state index contributed by atoms with van der Waals surface area (Å²) in [4.78, 5) is 0. The molecule has 98 valence electrons. The third-order valence-electron chi connectivity index (χ3n) is 2.36. The van der Waals surface area contributed by atoms with Gasteiger partial charge < -0.3 is 19.6 Å². The summed E-state index contributed by atoms with van der Waals surface area (Å²) in [6, 6.07) is 1.95. The molecule has 2 N–H and O–H groups in total. The van der Waals surface area contributed by atoms with E-state index in [1.807, 2.05) is 13.0 Å². The molecule has 0 bridgehead atoms. The van der Waals surface area contributed by atoms with Crippen molar-refractivity contribution >= 4 is 0 Å². The van der Waals surface area contributed by atoms with Gasteiger partial charge in [0.2, 0.25) is 0 Å². The van der Waals surface area contributed by atoms with Gasteiger partial charge in [-0.25, -0.2) is 0 Å². The summed E-state index contributed by atoms with van der Waals surface area (Å²) in [5.41, 5.74) is 6.61. The first-order chi connectivity index (χ1) is 8.13. The summed E-state index contributed by atoms with van der Waals surface area (Å²) in [5, 5.41) is 0. The zero-order valence-electron chi connectivity index (χ0n) is 11.0. The van der Waals surface area contributed by atoms with Gasteiger partial charge in [-0.05, 0) is 18.9 Å². The second-order valence-corrected chi connectivity index (χ2v) is 4.52. The van der Waals surface area contributed by atoms with Crippen LogP contribution in [0.3, 0.4) is 0 Å². The minimum atomic E-state index is 0.478. The predicted octanol–water partition coefficient (Wildman–Crippen LogP) is 2.24. The molecule has 0 aliphatic heterocycles. The van der Waals surface area contributed by atoms with Crippen molar-refractivity contribution in [2.24, 2.45) is 11.7 Å². The summed E-state index contributed by atoms with van der Waals surface area (Å²) in [7, 11) is 0. The second-order valence-electron chi connectivity index (χ2n) is 4.52. The first-order valence-corrected chi connectivity index (χ1v) is 6.07. The van der Waals surface area contributed by atoms with Crippen molar-refractivity contribution in [3.63, 3.8) is 0 Å². The van der Waals surface area contributed by atoms with Crippen molar-refractivity contribution in [1.29, 1.82) is 0 Å². The SMILES string of the molecule is Cc1oc(COCCOCC(C)C)cc1CN. The monoisotopic (exact) mass is 241 g/mol. The minimum absolute atomic E-state index is 0.478. The van der Waals surface area contributed by atoms with E-state index in [0.29, 0.717) is 32.3 Å². The van der Waals surface area contributed by atoms with E-state index in [9.17, 15) is 0 Å². The van der Waals surface area contributed by atoms with Gasteiger partial charge >= 0.3 is 0 Å². The van der Waals surface area contributed by atoms with Gasteiger partial charge in [0, 0.05) is 18.7 Å². The van der Waals surface area contributed by atoms with Gasteiger partial charge in [-0.3, -0.25) is 0 Å². The van der Waals surface area contributed by atoms with E-state index in [2.05, 4.69) is 13.8 Å². The summed E-state index contributed by atoms with van der Waals surface area (Å²) in [6.07, 6.45) is 0. The van der Waals surface area contributed by atoms with Crippen LogP contribution in [0, 0.1) is 12.8 Å². The van der Waals surface area contributed by atoms with E-state index >= 15 is 0 Å². The largest absolute Gasteiger partial charge is 0.464 e. The maximum Gasteiger partial charge on any atom is 0.130 e. The van der Waals surface area contributed by atoms with Gasteiger partial charge in [0.1, 0.15) is 18.1 Å². The van der Waals surface area contributed by atoms with Crippen LogP contribution in [0.5, 0.6) is 0 Å². The Balaban J connectivity index is 2.13. The van der Waals surface area contributed by atoms with E-state index in [1.165, 1.54) is 0 Å².